The Labute approximate surface area is 132 Å². The number of aromatic nitrogens is 2. The fourth-order valence-corrected chi connectivity index (χ4v) is 3.24. The van der Waals surface area contributed by atoms with E-state index in [4.69, 9.17) is 5.11 Å². The minimum absolute atomic E-state index is 0.201. The van der Waals surface area contributed by atoms with Crippen molar-refractivity contribution in [2.24, 2.45) is 0 Å². The van der Waals surface area contributed by atoms with Gasteiger partial charge in [0, 0.05) is 15.0 Å². The van der Waals surface area contributed by atoms with Gasteiger partial charge in [-0.2, -0.15) is 0 Å². The number of hydrogen-bond acceptors (Lipinski definition) is 5. The van der Waals surface area contributed by atoms with Crippen molar-refractivity contribution in [2.75, 3.05) is 5.32 Å². The lowest BCUT2D eigenvalue weighted by atomic mass is 10.2. The summed E-state index contributed by atoms with van der Waals surface area (Å²) in [6.07, 6.45) is 1.50. The van der Waals surface area contributed by atoms with Gasteiger partial charge in [-0.05, 0) is 47.1 Å². The second kappa shape index (κ2) is 5.42. The third kappa shape index (κ3) is 2.74. The summed E-state index contributed by atoms with van der Waals surface area (Å²) in [5, 5.41) is 13.2. The van der Waals surface area contributed by atoms with Gasteiger partial charge in [0.15, 0.2) is 0 Å². The summed E-state index contributed by atoms with van der Waals surface area (Å²) >= 11 is 4.82. The first-order valence-electron chi connectivity index (χ1n) is 6.05. The maximum Gasteiger partial charge on any atom is 0.336 e. The Morgan fingerprint density at radius 1 is 1.33 bits per heavy atom. The number of hydrogen-bond donors (Lipinski definition) is 2. The molecule has 0 atom stereocenters. The van der Waals surface area contributed by atoms with Crippen LogP contribution < -0.4 is 5.32 Å². The van der Waals surface area contributed by atoms with E-state index in [1.165, 1.54) is 6.33 Å². The number of halogens is 1. The van der Waals surface area contributed by atoms with Gasteiger partial charge < -0.3 is 10.4 Å². The Bertz CT molecular complexity index is 847. The number of carbonyl (C=O) groups is 1. The van der Waals surface area contributed by atoms with Crippen molar-refractivity contribution in [1.82, 2.24) is 9.97 Å². The molecule has 0 spiro atoms. The van der Waals surface area contributed by atoms with Crippen LogP contribution in [0.5, 0.6) is 0 Å². The first kappa shape index (κ1) is 14.0. The van der Waals surface area contributed by atoms with Crippen LogP contribution in [-0.4, -0.2) is 21.0 Å². The number of anilines is 2. The van der Waals surface area contributed by atoms with Crippen LogP contribution in [0.3, 0.4) is 0 Å². The molecule has 3 rings (SSSR count). The van der Waals surface area contributed by atoms with E-state index >= 15 is 0 Å². The summed E-state index contributed by atoms with van der Waals surface area (Å²) in [5.41, 5.74) is 0.867. The van der Waals surface area contributed by atoms with Gasteiger partial charge in [0.1, 0.15) is 17.0 Å². The molecule has 21 heavy (non-hydrogen) atoms. The van der Waals surface area contributed by atoms with Gasteiger partial charge in [-0.15, -0.1) is 11.3 Å². The van der Waals surface area contributed by atoms with Crippen molar-refractivity contribution < 1.29 is 9.90 Å². The fraction of sp³-hybridized carbons (Fsp3) is 0.0714. The third-order valence-corrected chi connectivity index (χ3v) is 4.56. The molecule has 5 nitrogen and oxygen atoms in total. The summed E-state index contributed by atoms with van der Waals surface area (Å²) in [6, 6.07) is 7.08. The second-order valence-electron chi connectivity index (χ2n) is 4.42. The van der Waals surface area contributed by atoms with Gasteiger partial charge in [0.2, 0.25) is 0 Å². The number of nitrogens with zero attached hydrogens (tertiary/aromatic N) is 2. The summed E-state index contributed by atoms with van der Waals surface area (Å²) in [6.45, 7) is 2.01. The lowest BCUT2D eigenvalue weighted by Crippen LogP contribution is -2.00. The maximum atomic E-state index is 11.2. The smallest absolute Gasteiger partial charge is 0.336 e. The van der Waals surface area contributed by atoms with Gasteiger partial charge in [-0.25, -0.2) is 14.8 Å². The Kier molecular flexibility index (Phi) is 3.60. The normalized spacial score (nSPS) is 10.8. The zero-order chi connectivity index (χ0) is 15.0. The number of fused-ring (bicyclic) bond motifs is 1. The van der Waals surface area contributed by atoms with Crippen molar-refractivity contribution in [3.05, 3.63) is 45.5 Å². The highest BCUT2D eigenvalue weighted by Gasteiger charge is 2.11. The summed E-state index contributed by atoms with van der Waals surface area (Å²) < 4.78 is 0.541. The molecular formula is C14H10BrN3O2S. The highest BCUT2D eigenvalue weighted by Crippen LogP contribution is 2.30. The van der Waals surface area contributed by atoms with Crippen LogP contribution in [0.25, 0.3) is 10.2 Å². The van der Waals surface area contributed by atoms with Crippen LogP contribution in [0.4, 0.5) is 11.5 Å². The summed E-state index contributed by atoms with van der Waals surface area (Å²) in [4.78, 5) is 21.7. The van der Waals surface area contributed by atoms with Crippen molar-refractivity contribution in [3.8, 4) is 0 Å². The molecule has 2 heterocycles. The molecule has 0 aliphatic carbocycles. The molecule has 0 saturated carbocycles. The van der Waals surface area contributed by atoms with Crippen LogP contribution in [0.1, 0.15) is 15.2 Å². The molecule has 1 aromatic carbocycles. The van der Waals surface area contributed by atoms with E-state index in [1.54, 1.807) is 29.5 Å². The zero-order valence-corrected chi connectivity index (χ0v) is 13.3. The second-order valence-corrected chi connectivity index (χ2v) is 6.51. The van der Waals surface area contributed by atoms with Crippen LogP contribution in [-0.2, 0) is 0 Å². The molecule has 0 fully saturated rings. The standard InChI is InChI=1S/C14H10BrN3O2S/c1-7-4-10-12(16-6-17-13(10)21-7)18-8-2-3-11(15)9(5-8)14(19)20/h2-6H,1H3,(H,19,20)(H,16,17,18). The van der Waals surface area contributed by atoms with Crippen LogP contribution in [0.15, 0.2) is 35.1 Å². The maximum absolute atomic E-state index is 11.2. The number of benzene rings is 1. The number of thiophene rings is 1. The van der Waals surface area contributed by atoms with Crippen LogP contribution in [0, 0.1) is 6.92 Å². The largest absolute Gasteiger partial charge is 0.478 e. The Morgan fingerprint density at radius 2 is 2.14 bits per heavy atom. The van der Waals surface area contributed by atoms with Crippen LogP contribution >= 0.6 is 27.3 Å². The fourth-order valence-electron chi connectivity index (χ4n) is 1.98. The Morgan fingerprint density at radius 3 is 2.90 bits per heavy atom. The van der Waals surface area contributed by atoms with Crippen molar-refractivity contribution >= 4 is 55.0 Å². The Balaban J connectivity index is 2.02. The van der Waals surface area contributed by atoms with Gasteiger partial charge in [0.25, 0.3) is 0 Å². The first-order valence-corrected chi connectivity index (χ1v) is 7.66. The molecule has 0 aliphatic rings. The van der Waals surface area contributed by atoms with Gasteiger partial charge >= 0.3 is 5.97 Å². The monoisotopic (exact) mass is 363 g/mol. The molecule has 2 N–H and O–H groups in total. The summed E-state index contributed by atoms with van der Waals surface area (Å²) in [7, 11) is 0. The molecule has 106 valence electrons. The number of carboxylic acid groups (broad SMARTS) is 1. The number of rotatable bonds is 3. The minimum atomic E-state index is -0.982. The topological polar surface area (TPSA) is 75.1 Å². The molecule has 0 aliphatic heterocycles. The molecule has 0 saturated heterocycles. The molecule has 0 bridgehead atoms. The van der Waals surface area contributed by atoms with E-state index in [1.807, 2.05) is 13.0 Å². The molecule has 7 heteroatoms. The third-order valence-electron chi connectivity index (χ3n) is 2.91. The van der Waals surface area contributed by atoms with Gasteiger partial charge in [-0.1, -0.05) is 0 Å². The van der Waals surface area contributed by atoms with E-state index in [0.29, 0.717) is 16.0 Å². The number of aromatic carboxylic acids is 1. The van der Waals surface area contributed by atoms with E-state index in [0.717, 1.165) is 15.1 Å². The van der Waals surface area contributed by atoms with Gasteiger partial charge in [0.05, 0.1) is 10.9 Å². The number of aryl methyl sites for hydroxylation is 1. The van der Waals surface area contributed by atoms with Crippen molar-refractivity contribution in [2.45, 2.75) is 6.92 Å². The van der Waals surface area contributed by atoms with E-state index in [9.17, 15) is 4.79 Å². The molecule has 2 aromatic heterocycles. The quantitative estimate of drug-likeness (QED) is 0.728. The molecule has 0 amide bonds. The van der Waals surface area contributed by atoms with Crippen molar-refractivity contribution in [3.63, 3.8) is 0 Å². The minimum Gasteiger partial charge on any atom is -0.478 e. The SMILES string of the molecule is Cc1cc2c(Nc3ccc(Br)c(C(=O)O)c3)ncnc2s1. The van der Waals surface area contributed by atoms with E-state index in [2.05, 4.69) is 31.2 Å². The molecule has 0 unspecified atom stereocenters. The average Bonchev–Trinajstić information content (AvgIpc) is 2.82. The Hall–Kier alpha value is -1.99. The van der Waals surface area contributed by atoms with Gasteiger partial charge in [-0.3, -0.25) is 0 Å². The summed E-state index contributed by atoms with van der Waals surface area (Å²) in [5.74, 6) is -0.312. The molecular weight excluding hydrogens is 354 g/mol. The lowest BCUT2D eigenvalue weighted by Gasteiger charge is -2.08. The average molecular weight is 364 g/mol. The molecule has 3 aromatic rings. The first-order chi connectivity index (χ1) is 10.0. The molecule has 0 radical (unpaired) electrons. The predicted molar refractivity (Wildman–Crippen MR) is 86.5 cm³/mol. The number of carboxylic acids is 1. The highest BCUT2D eigenvalue weighted by molar-refractivity contribution is 9.10. The zero-order valence-electron chi connectivity index (χ0n) is 10.9. The van der Waals surface area contributed by atoms with Crippen LogP contribution in [0.2, 0.25) is 0 Å². The lowest BCUT2D eigenvalue weighted by molar-refractivity contribution is 0.0696. The van der Waals surface area contributed by atoms with E-state index in [-0.39, 0.29) is 5.56 Å². The highest BCUT2D eigenvalue weighted by atomic mass is 79.9. The predicted octanol–water partition coefficient (Wildman–Crippen LogP) is 4.20. The number of nitrogens with one attached hydrogen (secondary N) is 1. The van der Waals surface area contributed by atoms with Crippen molar-refractivity contribution in [1.29, 1.82) is 0 Å². The van der Waals surface area contributed by atoms with E-state index < -0.39 is 5.97 Å².